The second-order valence-corrected chi connectivity index (χ2v) is 7.02. The topological polar surface area (TPSA) is 92.5 Å². The molecule has 3 rings (SSSR count). The Morgan fingerprint density at radius 1 is 1.15 bits per heavy atom. The molecule has 0 unspecified atom stereocenters. The Kier molecular flexibility index (Phi) is 3.27. The second kappa shape index (κ2) is 4.83. The smallest absolute Gasteiger partial charge is 0.253 e. The minimum absolute atomic E-state index is 0.0246. The van der Waals surface area contributed by atoms with Gasteiger partial charge in [-0.3, -0.25) is 4.79 Å². The lowest BCUT2D eigenvalue weighted by Gasteiger charge is -2.17. The number of sulfonamides is 1. The average molecular weight is 295 g/mol. The minimum Gasteiger partial charge on any atom is -0.338 e. The summed E-state index contributed by atoms with van der Waals surface area (Å²) in [6.45, 7) is 3.48. The Morgan fingerprint density at radius 2 is 1.70 bits per heavy atom. The molecule has 2 aliphatic heterocycles. The van der Waals surface area contributed by atoms with Gasteiger partial charge in [0.1, 0.15) is 0 Å². The van der Waals surface area contributed by atoms with E-state index < -0.39 is 10.0 Å². The summed E-state index contributed by atoms with van der Waals surface area (Å²) in [7, 11) is -3.71. The van der Waals surface area contributed by atoms with Crippen LogP contribution in [0.25, 0.3) is 0 Å². The standard InChI is InChI=1S/C13H17N3O3S/c14-20(18,19)12-3-1-9(2-4-12)13(17)16-7-10-5-15-6-11(10)8-16/h1-4,10-11,15H,5-8H2,(H2,14,18,19)/t10-,11-/m1/s1. The first-order valence-corrected chi connectivity index (χ1v) is 8.12. The largest absolute Gasteiger partial charge is 0.338 e. The Bertz CT molecular complexity index is 615. The number of hydrogen-bond acceptors (Lipinski definition) is 4. The molecule has 2 saturated heterocycles. The number of amides is 1. The molecule has 0 saturated carbocycles. The molecule has 2 heterocycles. The van der Waals surface area contributed by atoms with Crippen molar-refractivity contribution in [2.75, 3.05) is 26.2 Å². The number of nitrogens with one attached hydrogen (secondary N) is 1. The highest BCUT2D eigenvalue weighted by Gasteiger charge is 2.38. The first kappa shape index (κ1) is 13.5. The number of primary sulfonamides is 1. The Morgan fingerprint density at radius 3 is 2.20 bits per heavy atom. The maximum atomic E-state index is 12.4. The van der Waals surface area contributed by atoms with E-state index in [0.29, 0.717) is 17.4 Å². The first-order valence-electron chi connectivity index (χ1n) is 6.58. The second-order valence-electron chi connectivity index (χ2n) is 5.46. The van der Waals surface area contributed by atoms with E-state index in [1.165, 1.54) is 24.3 Å². The number of fused-ring (bicyclic) bond motifs is 1. The van der Waals surface area contributed by atoms with Crippen molar-refractivity contribution < 1.29 is 13.2 Å². The van der Waals surface area contributed by atoms with Gasteiger partial charge in [-0.2, -0.15) is 0 Å². The van der Waals surface area contributed by atoms with Gasteiger partial charge in [-0.25, -0.2) is 13.6 Å². The molecule has 1 aromatic carbocycles. The van der Waals surface area contributed by atoms with E-state index in [2.05, 4.69) is 5.32 Å². The minimum atomic E-state index is -3.71. The van der Waals surface area contributed by atoms with Gasteiger partial charge in [0.2, 0.25) is 10.0 Å². The molecule has 1 aromatic rings. The summed E-state index contributed by atoms with van der Waals surface area (Å²) in [6, 6.07) is 5.80. The molecule has 0 spiro atoms. The number of likely N-dealkylation sites (tertiary alicyclic amines) is 1. The summed E-state index contributed by atoms with van der Waals surface area (Å²) in [4.78, 5) is 14.2. The van der Waals surface area contributed by atoms with Gasteiger partial charge in [-0.1, -0.05) is 0 Å². The summed E-state index contributed by atoms with van der Waals surface area (Å²) in [6.07, 6.45) is 0. The number of hydrogen-bond donors (Lipinski definition) is 2. The highest BCUT2D eigenvalue weighted by molar-refractivity contribution is 7.89. The quantitative estimate of drug-likeness (QED) is 0.778. The number of benzene rings is 1. The van der Waals surface area contributed by atoms with Crippen molar-refractivity contribution in [3.05, 3.63) is 29.8 Å². The number of nitrogens with zero attached hydrogens (tertiary/aromatic N) is 1. The molecule has 108 valence electrons. The highest BCUT2D eigenvalue weighted by Crippen LogP contribution is 2.27. The fourth-order valence-corrected chi connectivity index (χ4v) is 3.51. The van der Waals surface area contributed by atoms with Crippen LogP contribution in [0.1, 0.15) is 10.4 Å². The molecular formula is C13H17N3O3S. The van der Waals surface area contributed by atoms with Crippen molar-refractivity contribution in [2.45, 2.75) is 4.90 Å². The van der Waals surface area contributed by atoms with E-state index in [-0.39, 0.29) is 10.8 Å². The summed E-state index contributed by atoms with van der Waals surface area (Å²) < 4.78 is 22.4. The highest BCUT2D eigenvalue weighted by atomic mass is 32.2. The maximum absolute atomic E-state index is 12.4. The van der Waals surface area contributed by atoms with Crippen LogP contribution in [0.5, 0.6) is 0 Å². The van der Waals surface area contributed by atoms with E-state index >= 15 is 0 Å². The van der Waals surface area contributed by atoms with Gasteiger partial charge in [0.05, 0.1) is 4.90 Å². The molecule has 2 aliphatic rings. The summed E-state index contributed by atoms with van der Waals surface area (Å²) in [5.41, 5.74) is 0.505. The third-order valence-corrected chi connectivity index (χ3v) is 5.04. The van der Waals surface area contributed by atoms with Crippen LogP contribution in [0.2, 0.25) is 0 Å². The third kappa shape index (κ3) is 2.44. The monoisotopic (exact) mass is 295 g/mol. The fourth-order valence-electron chi connectivity index (χ4n) is 2.99. The molecule has 0 aromatic heterocycles. The Balaban J connectivity index is 1.75. The summed E-state index contributed by atoms with van der Waals surface area (Å²) in [5.74, 6) is 1.05. The van der Waals surface area contributed by atoms with Crippen LogP contribution in [0.4, 0.5) is 0 Å². The van der Waals surface area contributed by atoms with Crippen LogP contribution >= 0.6 is 0 Å². The van der Waals surface area contributed by atoms with Crippen molar-refractivity contribution >= 4 is 15.9 Å². The van der Waals surface area contributed by atoms with E-state index in [0.717, 1.165) is 26.2 Å². The SMILES string of the molecule is NS(=O)(=O)c1ccc(C(=O)N2C[C@H]3CNC[C@@H]3C2)cc1. The Labute approximate surface area is 118 Å². The number of carbonyl (C=O) groups is 1. The van der Waals surface area contributed by atoms with E-state index in [9.17, 15) is 13.2 Å². The van der Waals surface area contributed by atoms with Gasteiger partial charge in [-0.15, -0.1) is 0 Å². The van der Waals surface area contributed by atoms with Crippen LogP contribution in [0, 0.1) is 11.8 Å². The van der Waals surface area contributed by atoms with Crippen LogP contribution in [0.15, 0.2) is 29.2 Å². The molecular weight excluding hydrogens is 278 g/mol. The normalized spacial score (nSPS) is 25.8. The van der Waals surface area contributed by atoms with Gasteiger partial charge in [-0.05, 0) is 36.1 Å². The van der Waals surface area contributed by atoms with Crippen molar-refractivity contribution in [2.24, 2.45) is 17.0 Å². The molecule has 1 amide bonds. The third-order valence-electron chi connectivity index (χ3n) is 4.11. The van der Waals surface area contributed by atoms with Crippen molar-refractivity contribution in [1.82, 2.24) is 10.2 Å². The molecule has 20 heavy (non-hydrogen) atoms. The summed E-state index contributed by atoms with van der Waals surface area (Å²) in [5, 5.41) is 8.37. The van der Waals surface area contributed by atoms with E-state index in [4.69, 9.17) is 5.14 Å². The lowest BCUT2D eigenvalue weighted by Crippen LogP contribution is -2.31. The van der Waals surface area contributed by atoms with E-state index in [1.54, 1.807) is 0 Å². The zero-order chi connectivity index (χ0) is 14.3. The average Bonchev–Trinajstić information content (AvgIpc) is 2.97. The fraction of sp³-hybridized carbons (Fsp3) is 0.462. The number of carbonyl (C=O) groups excluding carboxylic acids is 1. The zero-order valence-electron chi connectivity index (χ0n) is 11.0. The van der Waals surface area contributed by atoms with Gasteiger partial charge in [0.25, 0.3) is 5.91 Å². The van der Waals surface area contributed by atoms with Crippen molar-refractivity contribution in [1.29, 1.82) is 0 Å². The molecule has 2 fully saturated rings. The molecule has 6 nitrogen and oxygen atoms in total. The van der Waals surface area contributed by atoms with Gasteiger partial charge < -0.3 is 10.2 Å². The van der Waals surface area contributed by atoms with Gasteiger partial charge in [0, 0.05) is 31.7 Å². The maximum Gasteiger partial charge on any atom is 0.253 e. The predicted octanol–water partition coefficient (Wildman–Crippen LogP) is -0.375. The molecule has 0 aliphatic carbocycles. The Hall–Kier alpha value is -1.44. The zero-order valence-corrected chi connectivity index (χ0v) is 11.8. The summed E-state index contributed by atoms with van der Waals surface area (Å²) >= 11 is 0. The molecule has 2 atom stereocenters. The molecule has 0 radical (unpaired) electrons. The molecule has 0 bridgehead atoms. The van der Waals surface area contributed by atoms with Crippen LogP contribution in [0.3, 0.4) is 0 Å². The van der Waals surface area contributed by atoms with Crippen LogP contribution in [-0.2, 0) is 10.0 Å². The van der Waals surface area contributed by atoms with Gasteiger partial charge in [0.15, 0.2) is 0 Å². The molecule has 7 heteroatoms. The number of nitrogens with two attached hydrogens (primary N) is 1. The predicted molar refractivity (Wildman–Crippen MR) is 73.6 cm³/mol. The van der Waals surface area contributed by atoms with E-state index in [1.807, 2.05) is 4.90 Å². The molecule has 3 N–H and O–H groups in total. The van der Waals surface area contributed by atoms with Crippen LogP contribution in [-0.4, -0.2) is 45.4 Å². The van der Waals surface area contributed by atoms with Gasteiger partial charge >= 0.3 is 0 Å². The van der Waals surface area contributed by atoms with Crippen LogP contribution < -0.4 is 10.5 Å². The van der Waals surface area contributed by atoms with Crippen molar-refractivity contribution in [3.63, 3.8) is 0 Å². The number of rotatable bonds is 2. The first-order chi connectivity index (χ1) is 9.45. The van der Waals surface area contributed by atoms with Crippen molar-refractivity contribution in [3.8, 4) is 0 Å². The lowest BCUT2D eigenvalue weighted by atomic mass is 10.0. The lowest BCUT2D eigenvalue weighted by molar-refractivity contribution is 0.0781.